The van der Waals surface area contributed by atoms with Crippen molar-refractivity contribution in [1.29, 1.82) is 0 Å². The van der Waals surface area contributed by atoms with Crippen molar-refractivity contribution in [3.63, 3.8) is 0 Å². The number of hydrogen-bond donors (Lipinski definition) is 0. The van der Waals surface area contributed by atoms with Gasteiger partial charge in [0.1, 0.15) is 6.61 Å². The van der Waals surface area contributed by atoms with Crippen molar-refractivity contribution in [2.75, 3.05) is 12.0 Å². The lowest BCUT2D eigenvalue weighted by Gasteiger charge is -2.15. The highest BCUT2D eigenvalue weighted by molar-refractivity contribution is 8.19. The Labute approximate surface area is 235 Å². The number of benzene rings is 4. The zero-order valence-electron chi connectivity index (χ0n) is 20.3. The molecule has 0 aliphatic carbocycles. The Morgan fingerprint density at radius 1 is 0.895 bits per heavy atom. The number of carbonyl (C=O) groups is 1. The summed E-state index contributed by atoms with van der Waals surface area (Å²) in [6.07, 6.45) is 1.81. The summed E-state index contributed by atoms with van der Waals surface area (Å²) < 4.78 is 11.8. The van der Waals surface area contributed by atoms with Crippen molar-refractivity contribution in [3.05, 3.63) is 123 Å². The van der Waals surface area contributed by atoms with Gasteiger partial charge >= 0.3 is 0 Å². The molecule has 1 fully saturated rings. The summed E-state index contributed by atoms with van der Waals surface area (Å²) in [5, 5.41) is 1.50. The van der Waals surface area contributed by atoms with Crippen molar-refractivity contribution in [2.24, 2.45) is 4.99 Å². The maximum Gasteiger partial charge on any atom is 0.271 e. The number of halogens is 2. The molecule has 4 aromatic carbocycles. The molecule has 0 saturated carbocycles. The normalized spacial score (nSPS) is 15.3. The number of aliphatic imine (C=N–C) groups is 1. The first-order chi connectivity index (χ1) is 18.5. The van der Waals surface area contributed by atoms with E-state index in [0.717, 1.165) is 16.9 Å². The van der Waals surface area contributed by atoms with Crippen molar-refractivity contribution < 1.29 is 14.3 Å². The van der Waals surface area contributed by atoms with Crippen LogP contribution in [0.5, 0.6) is 11.5 Å². The van der Waals surface area contributed by atoms with Gasteiger partial charge in [-0.2, -0.15) is 0 Å². The standard InChI is InChI=1S/C30H22Cl2N2O3S/c1-36-26-14-8-9-21(28(26)37-19-20-15-16-24(31)25(32)17-20)18-27-29(35)34(23-12-6-3-7-13-23)30(38-27)33-22-10-4-2-5-11-22/h2-18H,19H2,1H3/b27-18+,33-30?. The van der Waals surface area contributed by atoms with Crippen LogP contribution < -0.4 is 14.4 Å². The van der Waals surface area contributed by atoms with Crippen molar-refractivity contribution >= 4 is 63.5 Å². The van der Waals surface area contributed by atoms with Gasteiger partial charge in [-0.15, -0.1) is 0 Å². The van der Waals surface area contributed by atoms with Gasteiger partial charge in [0, 0.05) is 5.56 Å². The second-order valence-corrected chi connectivity index (χ2v) is 10.1. The fraction of sp³-hybridized carbons (Fsp3) is 0.0667. The van der Waals surface area contributed by atoms with Gasteiger partial charge in [0.15, 0.2) is 16.7 Å². The number of thioether (sulfide) groups is 1. The van der Waals surface area contributed by atoms with E-state index < -0.39 is 0 Å². The average Bonchev–Trinajstić information content (AvgIpc) is 3.24. The van der Waals surface area contributed by atoms with Crippen LogP contribution in [-0.2, 0) is 11.4 Å². The van der Waals surface area contributed by atoms with Crippen molar-refractivity contribution in [1.82, 2.24) is 0 Å². The number of anilines is 1. The molecule has 1 heterocycles. The number of amides is 1. The number of nitrogens with zero attached hydrogens (tertiary/aromatic N) is 2. The SMILES string of the molecule is COc1cccc(/C=C2/SC(=Nc3ccccc3)N(c3ccccc3)C2=O)c1OCc1ccc(Cl)c(Cl)c1. The van der Waals surface area contributed by atoms with Gasteiger partial charge in [-0.25, -0.2) is 4.99 Å². The van der Waals surface area contributed by atoms with Gasteiger partial charge in [0.2, 0.25) is 0 Å². The maximum atomic E-state index is 13.7. The third-order valence-corrected chi connectivity index (χ3v) is 7.39. The number of methoxy groups -OCH3 is 1. The second-order valence-electron chi connectivity index (χ2n) is 8.23. The van der Waals surface area contributed by atoms with E-state index in [9.17, 15) is 4.79 Å². The minimum Gasteiger partial charge on any atom is -0.493 e. The molecule has 1 aliphatic heterocycles. The predicted molar refractivity (Wildman–Crippen MR) is 157 cm³/mol. The maximum absolute atomic E-state index is 13.7. The van der Waals surface area contributed by atoms with Crippen molar-refractivity contribution in [3.8, 4) is 11.5 Å². The molecule has 1 aliphatic rings. The number of carbonyl (C=O) groups excluding carboxylic acids is 1. The molecule has 5 rings (SSSR count). The molecule has 38 heavy (non-hydrogen) atoms. The number of hydrogen-bond acceptors (Lipinski definition) is 5. The lowest BCUT2D eigenvalue weighted by molar-refractivity contribution is -0.113. The molecule has 0 spiro atoms. The minimum absolute atomic E-state index is 0.172. The second kappa shape index (κ2) is 11.8. The molecule has 0 N–H and O–H groups in total. The third-order valence-electron chi connectivity index (χ3n) is 5.68. The Bertz CT molecular complexity index is 1530. The Hall–Kier alpha value is -3.71. The van der Waals surface area contributed by atoms with Crippen LogP contribution in [0.3, 0.4) is 0 Å². The molecular formula is C30H22Cl2N2O3S. The molecule has 5 nitrogen and oxygen atoms in total. The van der Waals surface area contributed by atoms with E-state index in [2.05, 4.69) is 0 Å². The topological polar surface area (TPSA) is 51.1 Å². The van der Waals surface area contributed by atoms with Gasteiger partial charge < -0.3 is 9.47 Å². The number of amidine groups is 1. The molecule has 1 saturated heterocycles. The summed E-state index contributed by atoms with van der Waals surface area (Å²) in [6.45, 7) is 0.241. The number of ether oxygens (including phenoxy) is 2. The van der Waals surface area contributed by atoms with Gasteiger partial charge in [-0.05, 0) is 65.9 Å². The Kier molecular flexibility index (Phi) is 8.03. The molecule has 0 unspecified atom stereocenters. The van der Waals surface area contributed by atoms with Crippen LogP contribution in [-0.4, -0.2) is 18.2 Å². The zero-order valence-corrected chi connectivity index (χ0v) is 22.6. The van der Waals surface area contributed by atoms with Crippen LogP contribution in [0.4, 0.5) is 11.4 Å². The van der Waals surface area contributed by atoms with E-state index in [1.54, 1.807) is 24.1 Å². The van der Waals surface area contributed by atoms with Gasteiger partial charge in [-0.3, -0.25) is 9.69 Å². The Morgan fingerprint density at radius 2 is 1.63 bits per heavy atom. The quantitative estimate of drug-likeness (QED) is 0.213. The third kappa shape index (κ3) is 5.73. The Balaban J connectivity index is 1.51. The first-order valence-electron chi connectivity index (χ1n) is 11.7. The average molecular weight is 561 g/mol. The van der Waals surface area contributed by atoms with E-state index in [-0.39, 0.29) is 12.5 Å². The van der Waals surface area contributed by atoms with Crippen molar-refractivity contribution in [2.45, 2.75) is 6.61 Å². The van der Waals surface area contributed by atoms with Gasteiger partial charge in [0.05, 0.1) is 33.4 Å². The summed E-state index contributed by atoms with van der Waals surface area (Å²) in [7, 11) is 1.58. The summed E-state index contributed by atoms with van der Waals surface area (Å²) in [4.78, 5) is 20.6. The van der Waals surface area contributed by atoms with E-state index in [1.807, 2.05) is 91.0 Å². The molecular weight excluding hydrogens is 539 g/mol. The number of rotatable bonds is 7. The highest BCUT2D eigenvalue weighted by atomic mass is 35.5. The van der Waals surface area contributed by atoms with Crippen LogP contribution in [0.2, 0.25) is 10.0 Å². The van der Waals surface area contributed by atoms with Gasteiger partial charge in [0.25, 0.3) is 5.91 Å². The lowest BCUT2D eigenvalue weighted by atomic mass is 10.1. The molecule has 4 aromatic rings. The van der Waals surface area contributed by atoms with Crippen LogP contribution in [0.1, 0.15) is 11.1 Å². The zero-order chi connectivity index (χ0) is 26.5. The predicted octanol–water partition coefficient (Wildman–Crippen LogP) is 8.39. The van der Waals surface area contributed by atoms with Crippen LogP contribution >= 0.6 is 35.0 Å². The summed E-state index contributed by atoms with van der Waals surface area (Å²) in [5.74, 6) is 0.892. The highest BCUT2D eigenvalue weighted by Gasteiger charge is 2.35. The lowest BCUT2D eigenvalue weighted by Crippen LogP contribution is -2.28. The van der Waals surface area contributed by atoms with Gasteiger partial charge in [-0.1, -0.05) is 77.8 Å². The largest absolute Gasteiger partial charge is 0.493 e. The monoisotopic (exact) mass is 560 g/mol. The van der Waals surface area contributed by atoms with E-state index in [0.29, 0.717) is 37.2 Å². The number of para-hydroxylation sites is 3. The minimum atomic E-state index is -0.172. The first kappa shape index (κ1) is 25.9. The molecule has 0 atom stereocenters. The van der Waals surface area contributed by atoms with E-state index in [1.165, 1.54) is 11.8 Å². The summed E-state index contributed by atoms with van der Waals surface area (Å²) in [5.41, 5.74) is 3.05. The van der Waals surface area contributed by atoms with Crippen LogP contribution in [0.15, 0.2) is 107 Å². The summed E-state index contributed by atoms with van der Waals surface area (Å²) in [6, 6.07) is 29.9. The molecule has 0 radical (unpaired) electrons. The first-order valence-corrected chi connectivity index (χ1v) is 13.3. The summed E-state index contributed by atoms with van der Waals surface area (Å²) >= 11 is 13.5. The molecule has 8 heteroatoms. The van der Waals surface area contributed by atoms with E-state index >= 15 is 0 Å². The molecule has 0 bridgehead atoms. The highest BCUT2D eigenvalue weighted by Crippen LogP contribution is 2.40. The van der Waals surface area contributed by atoms with Crippen LogP contribution in [0, 0.1) is 0 Å². The fourth-order valence-electron chi connectivity index (χ4n) is 3.85. The molecule has 0 aromatic heterocycles. The Morgan fingerprint density at radius 3 is 2.34 bits per heavy atom. The molecule has 1 amide bonds. The van der Waals surface area contributed by atoms with E-state index in [4.69, 9.17) is 37.7 Å². The van der Waals surface area contributed by atoms with Crippen LogP contribution in [0.25, 0.3) is 6.08 Å². The molecule has 190 valence electrons. The smallest absolute Gasteiger partial charge is 0.271 e. The fourth-order valence-corrected chi connectivity index (χ4v) is 5.17.